The molecule has 1 unspecified atom stereocenters. The highest BCUT2D eigenvalue weighted by Crippen LogP contribution is 2.25. The summed E-state index contributed by atoms with van der Waals surface area (Å²) < 4.78 is 0. The van der Waals surface area contributed by atoms with E-state index in [-0.39, 0.29) is 11.9 Å². The van der Waals surface area contributed by atoms with Crippen LogP contribution < -0.4 is 0 Å². The van der Waals surface area contributed by atoms with Crippen LogP contribution in [0.1, 0.15) is 28.9 Å². The first kappa shape index (κ1) is 14.6. The molecule has 0 spiro atoms. The van der Waals surface area contributed by atoms with Crippen LogP contribution in [-0.2, 0) is 0 Å². The highest BCUT2D eigenvalue weighted by Gasteiger charge is 2.21. The molecule has 22 heavy (non-hydrogen) atoms. The van der Waals surface area contributed by atoms with Crippen LogP contribution in [0.25, 0.3) is 10.9 Å². The standard InChI is InChI=1S/C17H16ClN3O/c1-11(12-5-3-7-14(18)9-12)21(2)17(22)15-8-4-6-13-10-19-20-16(13)15/h3-11H,1-2H3,(H,19,20). The van der Waals surface area contributed by atoms with E-state index in [4.69, 9.17) is 11.6 Å². The number of nitrogens with zero attached hydrogens (tertiary/aromatic N) is 2. The number of benzene rings is 2. The number of amides is 1. The first-order valence-corrected chi connectivity index (χ1v) is 7.40. The van der Waals surface area contributed by atoms with E-state index < -0.39 is 0 Å². The predicted octanol–water partition coefficient (Wildman–Crippen LogP) is 4.05. The zero-order chi connectivity index (χ0) is 15.7. The van der Waals surface area contributed by atoms with Crippen LogP contribution in [0.2, 0.25) is 5.02 Å². The summed E-state index contributed by atoms with van der Waals surface area (Å²) in [7, 11) is 1.79. The van der Waals surface area contributed by atoms with Gasteiger partial charge in [0.05, 0.1) is 23.3 Å². The molecule has 112 valence electrons. The van der Waals surface area contributed by atoms with Gasteiger partial charge in [0.1, 0.15) is 0 Å². The van der Waals surface area contributed by atoms with E-state index in [1.54, 1.807) is 18.1 Å². The highest BCUT2D eigenvalue weighted by molar-refractivity contribution is 6.30. The van der Waals surface area contributed by atoms with E-state index >= 15 is 0 Å². The third-order valence-corrected chi connectivity index (χ3v) is 4.17. The predicted molar refractivity (Wildman–Crippen MR) is 88.1 cm³/mol. The molecule has 1 N–H and O–H groups in total. The van der Waals surface area contributed by atoms with Gasteiger partial charge in [-0.15, -0.1) is 0 Å². The maximum atomic E-state index is 12.8. The van der Waals surface area contributed by atoms with Crippen molar-refractivity contribution in [2.45, 2.75) is 13.0 Å². The first-order chi connectivity index (χ1) is 10.6. The van der Waals surface area contributed by atoms with E-state index in [0.717, 1.165) is 16.5 Å². The molecule has 1 aromatic heterocycles. The summed E-state index contributed by atoms with van der Waals surface area (Å²) in [5.74, 6) is -0.0534. The third-order valence-electron chi connectivity index (χ3n) is 3.94. The second-order valence-corrected chi connectivity index (χ2v) is 5.72. The van der Waals surface area contributed by atoms with Gasteiger partial charge in [0.15, 0.2) is 0 Å². The molecule has 1 amide bonds. The number of nitrogens with one attached hydrogen (secondary N) is 1. The normalized spacial score (nSPS) is 12.3. The van der Waals surface area contributed by atoms with Crippen LogP contribution in [0, 0.1) is 0 Å². The van der Waals surface area contributed by atoms with Crippen LogP contribution in [0.4, 0.5) is 0 Å². The van der Waals surface area contributed by atoms with Gasteiger partial charge in [0.25, 0.3) is 5.91 Å². The highest BCUT2D eigenvalue weighted by atomic mass is 35.5. The minimum absolute atomic E-state index is 0.0534. The van der Waals surface area contributed by atoms with Gasteiger partial charge in [0.2, 0.25) is 0 Å². The van der Waals surface area contributed by atoms with Crippen molar-refractivity contribution in [1.82, 2.24) is 15.1 Å². The number of H-pyrrole nitrogens is 1. The third kappa shape index (κ3) is 2.57. The number of para-hydroxylation sites is 1. The lowest BCUT2D eigenvalue weighted by Crippen LogP contribution is -2.29. The lowest BCUT2D eigenvalue weighted by Gasteiger charge is -2.25. The number of fused-ring (bicyclic) bond motifs is 1. The lowest BCUT2D eigenvalue weighted by molar-refractivity contribution is 0.0744. The molecule has 5 heteroatoms. The number of rotatable bonds is 3. The van der Waals surface area contributed by atoms with Crippen LogP contribution in [-0.4, -0.2) is 28.1 Å². The van der Waals surface area contributed by atoms with Gasteiger partial charge in [-0.05, 0) is 30.7 Å². The molecule has 4 nitrogen and oxygen atoms in total. The molecule has 0 aliphatic heterocycles. The lowest BCUT2D eigenvalue weighted by atomic mass is 10.1. The molecular formula is C17H16ClN3O. The minimum Gasteiger partial charge on any atom is -0.335 e. The summed E-state index contributed by atoms with van der Waals surface area (Å²) >= 11 is 6.04. The second-order valence-electron chi connectivity index (χ2n) is 5.29. The van der Waals surface area contributed by atoms with Crippen molar-refractivity contribution in [2.75, 3.05) is 7.05 Å². The molecule has 3 aromatic rings. The zero-order valence-electron chi connectivity index (χ0n) is 12.4. The molecule has 1 heterocycles. The van der Waals surface area contributed by atoms with Crippen LogP contribution in [0.5, 0.6) is 0 Å². The van der Waals surface area contributed by atoms with Crippen LogP contribution in [0.15, 0.2) is 48.7 Å². The monoisotopic (exact) mass is 313 g/mol. The first-order valence-electron chi connectivity index (χ1n) is 7.02. The van der Waals surface area contributed by atoms with Crippen LogP contribution >= 0.6 is 11.6 Å². The van der Waals surface area contributed by atoms with Gasteiger partial charge in [-0.1, -0.05) is 35.9 Å². The number of hydrogen-bond acceptors (Lipinski definition) is 2. The maximum Gasteiger partial charge on any atom is 0.256 e. The van der Waals surface area contributed by atoms with Crippen molar-refractivity contribution >= 4 is 28.4 Å². The summed E-state index contributed by atoms with van der Waals surface area (Å²) in [6.07, 6.45) is 1.71. The van der Waals surface area contributed by atoms with Crippen molar-refractivity contribution < 1.29 is 4.79 Å². The fraction of sp³-hybridized carbons (Fsp3) is 0.176. The smallest absolute Gasteiger partial charge is 0.256 e. The van der Waals surface area contributed by atoms with E-state index in [0.29, 0.717) is 10.6 Å². The molecule has 3 rings (SSSR count). The van der Waals surface area contributed by atoms with Gasteiger partial charge in [-0.2, -0.15) is 5.10 Å². The maximum absolute atomic E-state index is 12.8. The van der Waals surface area contributed by atoms with Crippen molar-refractivity contribution in [3.8, 4) is 0 Å². The molecule has 2 aromatic carbocycles. The SMILES string of the molecule is CC(c1cccc(Cl)c1)N(C)C(=O)c1cccc2cn[nH]c12. The average Bonchev–Trinajstić information content (AvgIpc) is 3.01. The number of hydrogen-bond donors (Lipinski definition) is 1. The van der Waals surface area contributed by atoms with Crippen molar-refractivity contribution in [3.05, 3.63) is 64.8 Å². The molecule has 0 fully saturated rings. The van der Waals surface area contributed by atoms with Crippen molar-refractivity contribution in [3.63, 3.8) is 0 Å². The van der Waals surface area contributed by atoms with E-state index in [1.807, 2.05) is 49.4 Å². The fourth-order valence-electron chi connectivity index (χ4n) is 2.50. The Bertz CT molecular complexity index is 827. The van der Waals surface area contributed by atoms with E-state index in [9.17, 15) is 4.79 Å². The number of carbonyl (C=O) groups is 1. The Hall–Kier alpha value is -2.33. The summed E-state index contributed by atoms with van der Waals surface area (Å²) in [4.78, 5) is 14.5. The van der Waals surface area contributed by atoms with Gasteiger partial charge >= 0.3 is 0 Å². The van der Waals surface area contributed by atoms with Gasteiger partial charge in [0, 0.05) is 17.5 Å². The Morgan fingerprint density at radius 2 is 2.05 bits per heavy atom. The Balaban J connectivity index is 1.93. The largest absolute Gasteiger partial charge is 0.335 e. The minimum atomic E-state index is -0.0793. The van der Waals surface area contributed by atoms with Crippen molar-refractivity contribution in [2.24, 2.45) is 0 Å². The van der Waals surface area contributed by atoms with Crippen molar-refractivity contribution in [1.29, 1.82) is 0 Å². The zero-order valence-corrected chi connectivity index (χ0v) is 13.1. The average molecular weight is 314 g/mol. The molecule has 0 saturated carbocycles. The second kappa shape index (κ2) is 5.81. The van der Waals surface area contributed by atoms with Gasteiger partial charge in [-0.3, -0.25) is 9.89 Å². The molecule has 1 atom stereocenters. The molecule has 0 bridgehead atoms. The number of carbonyl (C=O) groups excluding carboxylic acids is 1. The van der Waals surface area contributed by atoms with Gasteiger partial charge in [-0.25, -0.2) is 0 Å². The topological polar surface area (TPSA) is 49.0 Å². The molecule has 0 radical (unpaired) electrons. The van der Waals surface area contributed by atoms with E-state index in [1.165, 1.54) is 0 Å². The Labute approximate surface area is 133 Å². The molecule has 0 aliphatic rings. The number of halogens is 1. The van der Waals surface area contributed by atoms with E-state index in [2.05, 4.69) is 10.2 Å². The van der Waals surface area contributed by atoms with Gasteiger partial charge < -0.3 is 4.90 Å². The molecule has 0 aliphatic carbocycles. The molecule has 0 saturated heterocycles. The quantitative estimate of drug-likeness (QED) is 0.793. The Morgan fingerprint density at radius 1 is 1.27 bits per heavy atom. The number of aromatic amines is 1. The summed E-state index contributed by atoms with van der Waals surface area (Å²) in [5.41, 5.74) is 2.38. The molecular weight excluding hydrogens is 298 g/mol. The van der Waals surface area contributed by atoms with Crippen LogP contribution in [0.3, 0.4) is 0 Å². The summed E-state index contributed by atoms with van der Waals surface area (Å²) in [6.45, 7) is 1.98. The fourth-order valence-corrected chi connectivity index (χ4v) is 2.70. The number of aromatic nitrogens is 2. The Morgan fingerprint density at radius 3 is 2.82 bits per heavy atom. The summed E-state index contributed by atoms with van der Waals surface area (Å²) in [5, 5.41) is 8.49. The summed E-state index contributed by atoms with van der Waals surface area (Å²) in [6, 6.07) is 13.1. The Kier molecular flexibility index (Phi) is 3.86.